The summed E-state index contributed by atoms with van der Waals surface area (Å²) in [7, 11) is 2.16. The fourth-order valence-corrected chi connectivity index (χ4v) is 3.86. The van der Waals surface area contributed by atoms with Crippen molar-refractivity contribution in [2.75, 3.05) is 25.9 Å². The molecule has 5 heteroatoms. The van der Waals surface area contributed by atoms with Crippen molar-refractivity contribution in [3.05, 3.63) is 17.8 Å². The number of aromatic nitrogens is 2. The topological polar surface area (TPSA) is 29.0 Å². The van der Waals surface area contributed by atoms with Gasteiger partial charge < -0.3 is 4.90 Å². The predicted molar refractivity (Wildman–Crippen MR) is 79.5 cm³/mol. The van der Waals surface area contributed by atoms with E-state index in [0.29, 0.717) is 5.92 Å². The Labute approximate surface area is 118 Å². The molecule has 0 aliphatic carbocycles. The molecule has 0 radical (unpaired) electrons. The normalized spacial score (nSPS) is 20.4. The molecule has 0 saturated carbocycles. The first-order valence-electron chi connectivity index (χ1n) is 6.61. The number of hydrogen-bond donors (Lipinski definition) is 0. The van der Waals surface area contributed by atoms with E-state index in [0.717, 1.165) is 18.1 Å². The molecule has 0 saturated heterocycles. The highest BCUT2D eigenvalue weighted by Crippen LogP contribution is 2.30. The second-order valence-electron chi connectivity index (χ2n) is 4.77. The third-order valence-electron chi connectivity index (χ3n) is 3.11. The Morgan fingerprint density at radius 1 is 1.44 bits per heavy atom. The van der Waals surface area contributed by atoms with Gasteiger partial charge in [0.1, 0.15) is 5.03 Å². The molecule has 1 unspecified atom stereocenters. The summed E-state index contributed by atoms with van der Waals surface area (Å²) in [5.74, 6) is 1.59. The Balaban J connectivity index is 1.94. The van der Waals surface area contributed by atoms with E-state index in [1.807, 2.05) is 11.8 Å². The second kappa shape index (κ2) is 7.26. The molecule has 0 N–H and O–H groups in total. The molecule has 100 valence electrons. The summed E-state index contributed by atoms with van der Waals surface area (Å²) in [5.41, 5.74) is 1.18. The van der Waals surface area contributed by atoms with Gasteiger partial charge in [-0.25, -0.2) is 0 Å². The van der Waals surface area contributed by atoms with Crippen molar-refractivity contribution in [1.29, 1.82) is 0 Å². The zero-order valence-corrected chi connectivity index (χ0v) is 12.8. The van der Waals surface area contributed by atoms with E-state index in [2.05, 4.69) is 39.8 Å². The molecule has 1 atom stereocenters. The van der Waals surface area contributed by atoms with Gasteiger partial charge in [0.15, 0.2) is 0 Å². The maximum atomic E-state index is 4.51. The SMILES string of the molecule is CCCCCSc1nsnc1C1C=CCN(C)C1. The zero-order valence-electron chi connectivity index (χ0n) is 11.1. The van der Waals surface area contributed by atoms with E-state index in [9.17, 15) is 0 Å². The van der Waals surface area contributed by atoms with Gasteiger partial charge in [0, 0.05) is 19.0 Å². The van der Waals surface area contributed by atoms with E-state index < -0.39 is 0 Å². The fourth-order valence-electron chi connectivity index (χ4n) is 2.09. The lowest BCUT2D eigenvalue weighted by Crippen LogP contribution is -2.27. The maximum Gasteiger partial charge on any atom is 0.134 e. The lowest BCUT2D eigenvalue weighted by molar-refractivity contribution is 0.342. The highest BCUT2D eigenvalue weighted by molar-refractivity contribution is 7.99. The summed E-state index contributed by atoms with van der Waals surface area (Å²) in [5, 5.41) is 1.15. The second-order valence-corrected chi connectivity index (χ2v) is 6.38. The lowest BCUT2D eigenvalue weighted by Gasteiger charge is -2.24. The average Bonchev–Trinajstić information content (AvgIpc) is 2.83. The molecule has 0 amide bonds. The molecule has 0 aromatic carbocycles. The Bertz CT molecular complexity index is 389. The Hall–Kier alpha value is -0.390. The number of thioether (sulfide) groups is 1. The summed E-state index contributed by atoms with van der Waals surface area (Å²) in [6.45, 7) is 4.35. The molecule has 1 aliphatic rings. The van der Waals surface area contributed by atoms with Crippen LogP contribution in [0, 0.1) is 0 Å². The van der Waals surface area contributed by atoms with E-state index in [4.69, 9.17) is 0 Å². The molecule has 1 aliphatic heterocycles. The number of hydrogen-bond acceptors (Lipinski definition) is 5. The summed E-state index contributed by atoms with van der Waals surface area (Å²) in [4.78, 5) is 2.33. The minimum atomic E-state index is 0.427. The first-order chi connectivity index (χ1) is 8.81. The highest BCUT2D eigenvalue weighted by Gasteiger charge is 2.21. The Morgan fingerprint density at radius 2 is 2.33 bits per heavy atom. The highest BCUT2D eigenvalue weighted by atomic mass is 32.2. The smallest absolute Gasteiger partial charge is 0.134 e. The lowest BCUT2D eigenvalue weighted by atomic mass is 10.0. The van der Waals surface area contributed by atoms with Crippen LogP contribution in [0.3, 0.4) is 0 Å². The van der Waals surface area contributed by atoms with Gasteiger partial charge in [0.05, 0.1) is 17.4 Å². The van der Waals surface area contributed by atoms with Crippen molar-refractivity contribution in [2.24, 2.45) is 0 Å². The van der Waals surface area contributed by atoms with Gasteiger partial charge in [-0.1, -0.05) is 31.9 Å². The summed E-state index contributed by atoms with van der Waals surface area (Å²) in [6.07, 6.45) is 8.38. The molecule has 2 rings (SSSR count). The molecule has 3 nitrogen and oxygen atoms in total. The number of likely N-dealkylation sites (N-methyl/N-ethyl adjacent to an activating group) is 1. The van der Waals surface area contributed by atoms with Gasteiger partial charge in [-0.3, -0.25) is 0 Å². The molecule has 0 fully saturated rings. The van der Waals surface area contributed by atoms with Crippen LogP contribution in [0.4, 0.5) is 0 Å². The van der Waals surface area contributed by atoms with Crippen molar-refractivity contribution in [1.82, 2.24) is 13.6 Å². The fraction of sp³-hybridized carbons (Fsp3) is 0.692. The number of nitrogens with zero attached hydrogens (tertiary/aromatic N) is 3. The van der Waals surface area contributed by atoms with Gasteiger partial charge in [-0.05, 0) is 19.2 Å². The van der Waals surface area contributed by atoms with Crippen LogP contribution in [0.25, 0.3) is 0 Å². The number of unbranched alkanes of at least 4 members (excludes halogenated alkanes) is 2. The minimum absolute atomic E-state index is 0.427. The molecule has 0 spiro atoms. The minimum Gasteiger partial charge on any atom is -0.302 e. The van der Waals surface area contributed by atoms with Crippen LogP contribution in [0.15, 0.2) is 17.2 Å². The molecule has 0 bridgehead atoms. The van der Waals surface area contributed by atoms with Crippen LogP contribution in [0.2, 0.25) is 0 Å². The van der Waals surface area contributed by atoms with Crippen LogP contribution in [0.1, 0.15) is 37.8 Å². The van der Waals surface area contributed by atoms with E-state index in [1.165, 1.54) is 42.4 Å². The van der Waals surface area contributed by atoms with Crippen LogP contribution >= 0.6 is 23.5 Å². The standard InChI is InChI=1S/C13H21N3S2/c1-3-4-5-9-17-13-12(14-18-15-13)11-7-6-8-16(2)10-11/h6-7,11H,3-5,8-10H2,1-2H3. The summed E-state index contributed by atoms with van der Waals surface area (Å²) in [6, 6.07) is 0. The molecule has 2 heterocycles. The van der Waals surface area contributed by atoms with Crippen molar-refractivity contribution < 1.29 is 0 Å². The van der Waals surface area contributed by atoms with Crippen LogP contribution in [0.5, 0.6) is 0 Å². The first kappa shape index (κ1) is 14.0. The zero-order chi connectivity index (χ0) is 12.8. The van der Waals surface area contributed by atoms with Gasteiger partial charge in [0.2, 0.25) is 0 Å². The van der Waals surface area contributed by atoms with Crippen molar-refractivity contribution in [3.8, 4) is 0 Å². The maximum absolute atomic E-state index is 4.51. The van der Waals surface area contributed by atoms with Crippen molar-refractivity contribution in [3.63, 3.8) is 0 Å². The third-order valence-corrected chi connectivity index (χ3v) is 4.84. The average molecular weight is 283 g/mol. The van der Waals surface area contributed by atoms with Crippen LogP contribution < -0.4 is 0 Å². The number of rotatable bonds is 6. The Morgan fingerprint density at radius 3 is 3.11 bits per heavy atom. The monoisotopic (exact) mass is 283 g/mol. The summed E-state index contributed by atoms with van der Waals surface area (Å²) < 4.78 is 8.96. The van der Waals surface area contributed by atoms with E-state index in [1.54, 1.807) is 0 Å². The molecular weight excluding hydrogens is 262 g/mol. The largest absolute Gasteiger partial charge is 0.302 e. The van der Waals surface area contributed by atoms with Crippen molar-refractivity contribution in [2.45, 2.75) is 37.1 Å². The van der Waals surface area contributed by atoms with E-state index >= 15 is 0 Å². The van der Waals surface area contributed by atoms with E-state index in [-0.39, 0.29) is 0 Å². The van der Waals surface area contributed by atoms with Gasteiger partial charge in [0.25, 0.3) is 0 Å². The molecule has 18 heavy (non-hydrogen) atoms. The van der Waals surface area contributed by atoms with Crippen LogP contribution in [-0.4, -0.2) is 39.5 Å². The molecular formula is C13H21N3S2. The first-order valence-corrected chi connectivity index (χ1v) is 8.33. The van der Waals surface area contributed by atoms with Gasteiger partial charge >= 0.3 is 0 Å². The molecule has 1 aromatic rings. The molecule has 1 aromatic heterocycles. The van der Waals surface area contributed by atoms with Gasteiger partial charge in [-0.2, -0.15) is 8.75 Å². The summed E-state index contributed by atoms with van der Waals surface area (Å²) >= 11 is 3.22. The third kappa shape index (κ3) is 3.80. The van der Waals surface area contributed by atoms with Gasteiger partial charge in [-0.15, -0.1) is 11.8 Å². The predicted octanol–water partition coefficient (Wildman–Crippen LogP) is 3.41. The Kier molecular flexibility index (Phi) is 5.66. The van der Waals surface area contributed by atoms with Crippen molar-refractivity contribution >= 4 is 23.5 Å². The van der Waals surface area contributed by atoms with Crippen LogP contribution in [-0.2, 0) is 0 Å². The quantitative estimate of drug-likeness (QED) is 0.454.